The largest absolute Gasteiger partial charge is 0.496 e. The second-order valence-electron chi connectivity index (χ2n) is 4.36. The maximum Gasteiger partial charge on any atom is 0.129 e. The molecule has 0 saturated heterocycles. The van der Waals surface area contributed by atoms with Crippen molar-refractivity contribution >= 4 is 17.0 Å². The lowest BCUT2D eigenvalue weighted by atomic mass is 10.1. The molecule has 1 heterocycles. The summed E-state index contributed by atoms with van der Waals surface area (Å²) in [6.45, 7) is 0. The first-order valence-corrected chi connectivity index (χ1v) is 7.11. The Labute approximate surface area is 121 Å². The summed E-state index contributed by atoms with van der Waals surface area (Å²) in [4.78, 5) is 4.68. The van der Waals surface area contributed by atoms with Gasteiger partial charge in [0.05, 0.1) is 18.4 Å². The molecule has 0 fully saturated rings. The number of anilines is 1. The SMILES string of the molecule is COc1ccccc1-c1nc(-c2cccc(N)c2)cs1. The van der Waals surface area contributed by atoms with Crippen LogP contribution < -0.4 is 10.5 Å². The summed E-state index contributed by atoms with van der Waals surface area (Å²) >= 11 is 1.60. The van der Waals surface area contributed by atoms with Crippen LogP contribution in [0.15, 0.2) is 53.9 Å². The first-order valence-electron chi connectivity index (χ1n) is 6.23. The van der Waals surface area contributed by atoms with E-state index in [0.29, 0.717) is 0 Å². The van der Waals surface area contributed by atoms with E-state index in [0.717, 1.165) is 33.3 Å². The molecule has 0 bridgehead atoms. The van der Waals surface area contributed by atoms with Crippen molar-refractivity contribution in [1.29, 1.82) is 0 Å². The third kappa shape index (κ3) is 2.38. The van der Waals surface area contributed by atoms with Gasteiger partial charge in [0.2, 0.25) is 0 Å². The molecule has 0 aliphatic heterocycles. The van der Waals surface area contributed by atoms with Gasteiger partial charge in [-0.3, -0.25) is 0 Å². The summed E-state index contributed by atoms with van der Waals surface area (Å²) in [5.74, 6) is 0.834. The number of benzene rings is 2. The molecule has 0 atom stereocenters. The zero-order valence-electron chi connectivity index (χ0n) is 11.0. The van der Waals surface area contributed by atoms with Crippen LogP contribution in [0.4, 0.5) is 5.69 Å². The van der Waals surface area contributed by atoms with Crippen molar-refractivity contribution in [2.24, 2.45) is 0 Å². The van der Waals surface area contributed by atoms with Crippen molar-refractivity contribution in [3.63, 3.8) is 0 Å². The molecule has 4 heteroatoms. The summed E-state index contributed by atoms with van der Waals surface area (Å²) in [6.07, 6.45) is 0. The molecule has 3 nitrogen and oxygen atoms in total. The van der Waals surface area contributed by atoms with Crippen LogP contribution >= 0.6 is 11.3 Å². The molecule has 3 rings (SSSR count). The van der Waals surface area contributed by atoms with Crippen LogP contribution in [0.25, 0.3) is 21.8 Å². The second-order valence-corrected chi connectivity index (χ2v) is 5.22. The highest BCUT2D eigenvalue weighted by Crippen LogP contribution is 2.34. The Balaban J connectivity index is 2.02. The highest BCUT2D eigenvalue weighted by Gasteiger charge is 2.10. The van der Waals surface area contributed by atoms with Gasteiger partial charge in [0.15, 0.2) is 0 Å². The van der Waals surface area contributed by atoms with E-state index in [9.17, 15) is 0 Å². The number of hydrogen-bond acceptors (Lipinski definition) is 4. The Morgan fingerprint density at radius 3 is 2.75 bits per heavy atom. The topological polar surface area (TPSA) is 48.1 Å². The molecule has 2 N–H and O–H groups in total. The highest BCUT2D eigenvalue weighted by atomic mass is 32.1. The minimum atomic E-state index is 0.745. The Morgan fingerprint density at radius 2 is 1.95 bits per heavy atom. The zero-order valence-corrected chi connectivity index (χ0v) is 11.9. The second kappa shape index (κ2) is 5.35. The quantitative estimate of drug-likeness (QED) is 0.737. The van der Waals surface area contributed by atoms with Crippen molar-refractivity contribution < 1.29 is 4.74 Å². The molecule has 3 aromatic rings. The van der Waals surface area contributed by atoms with E-state index in [2.05, 4.69) is 4.98 Å². The molecular formula is C16H14N2OS. The van der Waals surface area contributed by atoms with Crippen molar-refractivity contribution in [2.45, 2.75) is 0 Å². The van der Waals surface area contributed by atoms with Crippen molar-refractivity contribution in [3.05, 3.63) is 53.9 Å². The van der Waals surface area contributed by atoms with Crippen LogP contribution in [0, 0.1) is 0 Å². The van der Waals surface area contributed by atoms with Gasteiger partial charge in [-0.1, -0.05) is 24.3 Å². The fraction of sp³-hybridized carbons (Fsp3) is 0.0625. The van der Waals surface area contributed by atoms with Crippen LogP contribution in [-0.2, 0) is 0 Å². The van der Waals surface area contributed by atoms with Gasteiger partial charge in [-0.15, -0.1) is 11.3 Å². The number of aromatic nitrogens is 1. The van der Waals surface area contributed by atoms with E-state index >= 15 is 0 Å². The van der Waals surface area contributed by atoms with E-state index < -0.39 is 0 Å². The first-order chi connectivity index (χ1) is 9.78. The molecule has 100 valence electrons. The maximum absolute atomic E-state index is 5.82. The van der Waals surface area contributed by atoms with Crippen LogP contribution in [0.3, 0.4) is 0 Å². The van der Waals surface area contributed by atoms with Gasteiger partial charge in [-0.25, -0.2) is 4.98 Å². The van der Waals surface area contributed by atoms with Gasteiger partial charge in [0, 0.05) is 16.6 Å². The van der Waals surface area contributed by atoms with E-state index in [-0.39, 0.29) is 0 Å². The number of thiazole rings is 1. The van der Waals surface area contributed by atoms with Crippen LogP contribution in [-0.4, -0.2) is 12.1 Å². The van der Waals surface area contributed by atoms with Crippen LogP contribution in [0.5, 0.6) is 5.75 Å². The first kappa shape index (κ1) is 12.7. The lowest BCUT2D eigenvalue weighted by Gasteiger charge is -2.04. The molecule has 0 saturated carbocycles. The Kier molecular flexibility index (Phi) is 3.39. The van der Waals surface area contributed by atoms with Crippen molar-refractivity contribution in [1.82, 2.24) is 4.98 Å². The number of methoxy groups -OCH3 is 1. The predicted molar refractivity (Wildman–Crippen MR) is 84.0 cm³/mol. The monoisotopic (exact) mass is 282 g/mol. The highest BCUT2D eigenvalue weighted by molar-refractivity contribution is 7.13. The average molecular weight is 282 g/mol. The van der Waals surface area contributed by atoms with Gasteiger partial charge >= 0.3 is 0 Å². The third-order valence-corrected chi connectivity index (χ3v) is 3.90. The Hall–Kier alpha value is -2.33. The lowest BCUT2D eigenvalue weighted by molar-refractivity contribution is 0.416. The number of nitrogens with zero attached hydrogens (tertiary/aromatic N) is 1. The zero-order chi connectivity index (χ0) is 13.9. The summed E-state index contributed by atoms with van der Waals surface area (Å²) in [6, 6.07) is 15.6. The van der Waals surface area contributed by atoms with Crippen molar-refractivity contribution in [2.75, 3.05) is 12.8 Å². The Morgan fingerprint density at radius 1 is 1.10 bits per heavy atom. The average Bonchev–Trinajstić information content (AvgIpc) is 2.97. The smallest absolute Gasteiger partial charge is 0.129 e. The molecule has 1 aromatic heterocycles. The fourth-order valence-electron chi connectivity index (χ4n) is 2.05. The van der Waals surface area contributed by atoms with Gasteiger partial charge in [0.1, 0.15) is 10.8 Å². The van der Waals surface area contributed by atoms with Crippen LogP contribution in [0.1, 0.15) is 0 Å². The summed E-state index contributed by atoms with van der Waals surface area (Å²) in [5.41, 5.74) is 9.53. The molecular weight excluding hydrogens is 268 g/mol. The van der Waals surface area contributed by atoms with E-state index in [1.165, 1.54) is 0 Å². The number of nitrogens with two attached hydrogens (primary N) is 1. The fourth-order valence-corrected chi connectivity index (χ4v) is 2.91. The van der Waals surface area contributed by atoms with Crippen LogP contribution in [0.2, 0.25) is 0 Å². The molecule has 0 aliphatic carbocycles. The molecule has 0 unspecified atom stereocenters. The van der Waals surface area contributed by atoms with E-state index in [4.69, 9.17) is 10.5 Å². The molecule has 0 aliphatic rings. The normalized spacial score (nSPS) is 10.4. The van der Waals surface area contributed by atoms with Gasteiger partial charge < -0.3 is 10.5 Å². The molecule has 0 radical (unpaired) electrons. The number of ether oxygens (including phenoxy) is 1. The predicted octanol–water partition coefficient (Wildman–Crippen LogP) is 4.07. The lowest BCUT2D eigenvalue weighted by Crippen LogP contribution is -1.87. The van der Waals surface area contributed by atoms with Crippen molar-refractivity contribution in [3.8, 4) is 27.6 Å². The molecule has 0 spiro atoms. The summed E-state index contributed by atoms with van der Waals surface area (Å²) in [7, 11) is 1.67. The standard InChI is InChI=1S/C16H14N2OS/c1-19-15-8-3-2-7-13(15)16-18-14(10-20-16)11-5-4-6-12(17)9-11/h2-10H,17H2,1H3. The van der Waals surface area contributed by atoms with E-state index in [1.807, 2.05) is 53.9 Å². The molecule has 20 heavy (non-hydrogen) atoms. The number of hydrogen-bond donors (Lipinski definition) is 1. The molecule has 2 aromatic carbocycles. The number of para-hydroxylation sites is 1. The Bertz CT molecular complexity index is 737. The maximum atomic E-state index is 5.82. The molecule has 0 amide bonds. The number of rotatable bonds is 3. The summed E-state index contributed by atoms with van der Waals surface area (Å²) in [5, 5.41) is 2.98. The third-order valence-electron chi connectivity index (χ3n) is 3.02. The summed E-state index contributed by atoms with van der Waals surface area (Å²) < 4.78 is 5.38. The minimum absolute atomic E-state index is 0.745. The minimum Gasteiger partial charge on any atom is -0.496 e. The van der Waals surface area contributed by atoms with Gasteiger partial charge in [0.25, 0.3) is 0 Å². The van der Waals surface area contributed by atoms with Gasteiger partial charge in [-0.05, 0) is 24.3 Å². The van der Waals surface area contributed by atoms with E-state index in [1.54, 1.807) is 18.4 Å². The van der Waals surface area contributed by atoms with Gasteiger partial charge in [-0.2, -0.15) is 0 Å². The number of nitrogen functional groups attached to an aromatic ring is 1.